The fraction of sp³-hybridized carbons (Fsp3) is 0.500. The standard InChI is InChI=1S/C28H35N5O4/c1-28(2,3)20-6-8-22(9-7-20)33(27(36)24-15-23(34)17-32(24)18-29)25(19-5-4-12-30-16-19)26(35)31-21-10-13-37-14-11-21/h4-9,12,16,21,23-25,34H,10-11,13-15,17H2,1-3H3,(H,31,35)/t23-,24-,25-/m1/s1. The molecule has 9 heteroatoms. The Morgan fingerprint density at radius 2 is 1.92 bits per heavy atom. The van der Waals surface area contributed by atoms with Crippen molar-refractivity contribution in [3.05, 3.63) is 59.9 Å². The Morgan fingerprint density at radius 3 is 2.51 bits per heavy atom. The van der Waals surface area contributed by atoms with Gasteiger partial charge in [-0.1, -0.05) is 39.0 Å². The summed E-state index contributed by atoms with van der Waals surface area (Å²) in [5.74, 6) is -0.743. The van der Waals surface area contributed by atoms with Crippen LogP contribution in [0.5, 0.6) is 0 Å². The molecular formula is C28H35N5O4. The molecule has 2 aromatic rings. The summed E-state index contributed by atoms with van der Waals surface area (Å²) in [6, 6.07) is 9.14. The van der Waals surface area contributed by atoms with E-state index in [-0.39, 0.29) is 30.3 Å². The monoisotopic (exact) mass is 505 g/mol. The molecule has 3 atom stereocenters. The van der Waals surface area contributed by atoms with E-state index in [0.717, 1.165) is 5.56 Å². The molecule has 2 aliphatic rings. The van der Waals surface area contributed by atoms with Crippen LogP contribution in [0.15, 0.2) is 48.8 Å². The summed E-state index contributed by atoms with van der Waals surface area (Å²) < 4.78 is 5.44. The van der Waals surface area contributed by atoms with E-state index < -0.39 is 24.1 Å². The van der Waals surface area contributed by atoms with Crippen LogP contribution in [-0.2, 0) is 19.7 Å². The summed E-state index contributed by atoms with van der Waals surface area (Å²) in [7, 11) is 0. The average Bonchev–Trinajstić information content (AvgIpc) is 3.28. The molecule has 2 fully saturated rings. The number of benzene rings is 1. The van der Waals surface area contributed by atoms with Crippen molar-refractivity contribution in [2.45, 2.75) is 69.7 Å². The number of nitriles is 1. The number of aromatic nitrogens is 1. The molecular weight excluding hydrogens is 470 g/mol. The molecule has 4 rings (SSSR count). The Balaban J connectivity index is 1.78. The van der Waals surface area contributed by atoms with E-state index in [1.807, 2.05) is 30.5 Å². The number of β-amino-alcohol motifs (C(OH)–C–C–N with tert-alkyl or cyclic N) is 1. The number of nitrogens with one attached hydrogen (secondary N) is 1. The van der Waals surface area contributed by atoms with Crippen molar-refractivity contribution in [3.8, 4) is 6.19 Å². The average molecular weight is 506 g/mol. The van der Waals surface area contributed by atoms with Gasteiger partial charge in [-0.25, -0.2) is 0 Å². The van der Waals surface area contributed by atoms with Gasteiger partial charge < -0.3 is 15.2 Å². The number of carbonyl (C=O) groups excluding carboxylic acids is 2. The van der Waals surface area contributed by atoms with E-state index >= 15 is 0 Å². The van der Waals surface area contributed by atoms with Crippen LogP contribution in [-0.4, -0.2) is 64.8 Å². The molecule has 1 aromatic carbocycles. The topological polar surface area (TPSA) is 119 Å². The summed E-state index contributed by atoms with van der Waals surface area (Å²) in [6.07, 6.45) is 5.94. The van der Waals surface area contributed by atoms with Gasteiger partial charge in [-0.3, -0.25) is 24.4 Å². The molecule has 1 aromatic heterocycles. The van der Waals surface area contributed by atoms with Gasteiger partial charge in [-0.15, -0.1) is 0 Å². The maximum Gasteiger partial charge on any atom is 0.251 e. The summed E-state index contributed by atoms with van der Waals surface area (Å²) in [5, 5.41) is 23.0. The SMILES string of the molecule is CC(C)(C)c1ccc(N(C(=O)[C@H]2C[C@@H](O)CN2C#N)[C@@H](C(=O)NC2CCOCC2)c2cccnc2)cc1. The number of aliphatic hydroxyl groups is 1. The minimum atomic E-state index is -1.01. The molecule has 196 valence electrons. The van der Waals surface area contributed by atoms with Crippen molar-refractivity contribution >= 4 is 17.5 Å². The van der Waals surface area contributed by atoms with Crippen molar-refractivity contribution in [2.24, 2.45) is 0 Å². The van der Waals surface area contributed by atoms with E-state index in [2.05, 4.69) is 31.1 Å². The van der Waals surface area contributed by atoms with E-state index in [4.69, 9.17) is 4.74 Å². The molecule has 0 unspecified atom stereocenters. The van der Waals surface area contributed by atoms with Crippen LogP contribution in [0, 0.1) is 11.5 Å². The van der Waals surface area contributed by atoms with Crippen LogP contribution in [0.25, 0.3) is 0 Å². The Morgan fingerprint density at radius 1 is 1.22 bits per heavy atom. The Labute approximate surface area is 218 Å². The number of amides is 2. The number of anilines is 1. The lowest BCUT2D eigenvalue weighted by molar-refractivity contribution is -0.129. The Kier molecular flexibility index (Phi) is 8.10. The van der Waals surface area contributed by atoms with Crippen molar-refractivity contribution in [1.82, 2.24) is 15.2 Å². The minimum absolute atomic E-state index is 0.0652. The quantitative estimate of drug-likeness (QED) is 0.580. The Bertz CT molecular complexity index is 1120. The first kappa shape index (κ1) is 26.6. The van der Waals surface area contributed by atoms with Gasteiger partial charge >= 0.3 is 0 Å². The van der Waals surface area contributed by atoms with Gasteiger partial charge in [-0.2, -0.15) is 5.26 Å². The minimum Gasteiger partial charge on any atom is -0.391 e. The second kappa shape index (κ2) is 11.3. The number of rotatable bonds is 6. The summed E-state index contributed by atoms with van der Waals surface area (Å²) in [4.78, 5) is 35.0. The largest absolute Gasteiger partial charge is 0.391 e. The predicted octanol–water partition coefficient (Wildman–Crippen LogP) is 2.66. The maximum absolute atomic E-state index is 14.2. The van der Waals surface area contributed by atoms with Crippen LogP contribution in [0.1, 0.15) is 57.2 Å². The zero-order valence-electron chi connectivity index (χ0n) is 21.6. The molecule has 2 amide bonds. The van der Waals surface area contributed by atoms with Crippen molar-refractivity contribution in [3.63, 3.8) is 0 Å². The molecule has 0 radical (unpaired) electrons. The lowest BCUT2D eigenvalue weighted by Crippen LogP contribution is -2.52. The second-order valence-electron chi connectivity index (χ2n) is 10.7. The van der Waals surface area contributed by atoms with Gasteiger partial charge in [0.05, 0.1) is 12.6 Å². The second-order valence-corrected chi connectivity index (χ2v) is 10.7. The van der Waals surface area contributed by atoms with Crippen LogP contribution in [0.2, 0.25) is 0 Å². The highest BCUT2D eigenvalue weighted by atomic mass is 16.5. The van der Waals surface area contributed by atoms with Crippen LogP contribution in [0.3, 0.4) is 0 Å². The first-order valence-corrected chi connectivity index (χ1v) is 12.7. The zero-order chi connectivity index (χ0) is 26.6. The molecule has 3 heterocycles. The van der Waals surface area contributed by atoms with Crippen molar-refractivity contribution in [1.29, 1.82) is 5.26 Å². The number of pyridine rings is 1. The third-order valence-corrected chi connectivity index (χ3v) is 7.02. The maximum atomic E-state index is 14.2. The number of aliphatic hydroxyl groups excluding tert-OH is 1. The van der Waals surface area contributed by atoms with E-state index in [9.17, 15) is 20.0 Å². The normalized spacial score (nSPS) is 21.2. The predicted molar refractivity (Wildman–Crippen MR) is 138 cm³/mol. The fourth-order valence-corrected chi connectivity index (χ4v) is 4.92. The lowest BCUT2D eigenvalue weighted by atomic mass is 9.87. The first-order valence-electron chi connectivity index (χ1n) is 12.7. The van der Waals surface area contributed by atoms with E-state index in [0.29, 0.717) is 37.3 Å². The number of likely N-dealkylation sites (tertiary alicyclic amines) is 1. The van der Waals surface area contributed by atoms with Gasteiger partial charge in [0.1, 0.15) is 12.1 Å². The molecule has 2 saturated heterocycles. The molecule has 2 N–H and O–H groups in total. The highest BCUT2D eigenvalue weighted by Crippen LogP contribution is 2.33. The van der Waals surface area contributed by atoms with Gasteiger partial charge in [0.15, 0.2) is 6.19 Å². The summed E-state index contributed by atoms with van der Waals surface area (Å²) in [5.41, 5.74) is 2.09. The number of carbonyl (C=O) groups is 2. The summed E-state index contributed by atoms with van der Waals surface area (Å²) >= 11 is 0. The van der Waals surface area contributed by atoms with Crippen LogP contribution >= 0.6 is 0 Å². The molecule has 0 aliphatic carbocycles. The first-order chi connectivity index (χ1) is 17.7. The highest BCUT2D eigenvalue weighted by Gasteiger charge is 2.43. The van der Waals surface area contributed by atoms with Gasteiger partial charge in [0.25, 0.3) is 5.91 Å². The Hall–Kier alpha value is -3.48. The fourth-order valence-electron chi connectivity index (χ4n) is 4.92. The third-order valence-electron chi connectivity index (χ3n) is 7.02. The van der Waals surface area contributed by atoms with Crippen LogP contribution < -0.4 is 10.2 Å². The summed E-state index contributed by atoms with van der Waals surface area (Å²) in [6.45, 7) is 7.53. The molecule has 37 heavy (non-hydrogen) atoms. The van der Waals surface area contributed by atoms with Gasteiger partial charge in [0.2, 0.25) is 5.91 Å². The number of hydrogen-bond acceptors (Lipinski definition) is 7. The highest BCUT2D eigenvalue weighted by molar-refractivity contribution is 6.04. The van der Waals surface area contributed by atoms with Crippen LogP contribution in [0.4, 0.5) is 5.69 Å². The van der Waals surface area contributed by atoms with E-state index in [1.54, 1.807) is 24.5 Å². The number of nitrogens with zero attached hydrogens (tertiary/aromatic N) is 4. The number of ether oxygens (including phenoxy) is 1. The third kappa shape index (κ3) is 6.09. The molecule has 0 bridgehead atoms. The molecule has 2 aliphatic heterocycles. The van der Waals surface area contributed by atoms with Crippen molar-refractivity contribution in [2.75, 3.05) is 24.7 Å². The smallest absolute Gasteiger partial charge is 0.251 e. The van der Waals surface area contributed by atoms with Crippen molar-refractivity contribution < 1.29 is 19.4 Å². The molecule has 0 spiro atoms. The van der Waals surface area contributed by atoms with Gasteiger partial charge in [0, 0.05) is 49.3 Å². The van der Waals surface area contributed by atoms with Gasteiger partial charge in [-0.05, 0) is 42.0 Å². The zero-order valence-corrected chi connectivity index (χ0v) is 21.6. The van der Waals surface area contributed by atoms with E-state index in [1.165, 1.54) is 9.80 Å². The number of hydrogen-bond donors (Lipinski definition) is 2. The lowest BCUT2D eigenvalue weighted by Gasteiger charge is -2.35. The molecule has 9 nitrogen and oxygen atoms in total. The molecule has 0 saturated carbocycles.